The highest BCUT2D eigenvalue weighted by Crippen LogP contribution is 2.36. The van der Waals surface area contributed by atoms with Crippen molar-refractivity contribution < 1.29 is 0 Å². The Hall–Kier alpha value is -0.120. The van der Waals surface area contributed by atoms with Gasteiger partial charge >= 0.3 is 0 Å². The van der Waals surface area contributed by atoms with E-state index in [2.05, 4.69) is 23.8 Å². The van der Waals surface area contributed by atoms with Crippen molar-refractivity contribution in [3.05, 3.63) is 0 Å². The molecule has 1 saturated carbocycles. The van der Waals surface area contributed by atoms with Gasteiger partial charge in [0, 0.05) is 31.7 Å². The van der Waals surface area contributed by atoms with E-state index in [1.807, 2.05) is 0 Å². The summed E-state index contributed by atoms with van der Waals surface area (Å²) < 4.78 is 0. The molecule has 2 unspecified atom stereocenters. The molecule has 2 rings (SSSR count). The molecule has 0 bridgehead atoms. The lowest BCUT2D eigenvalue weighted by Crippen LogP contribution is -2.48. The topological polar surface area (TPSA) is 32.5 Å². The molecule has 15 heavy (non-hydrogen) atoms. The lowest BCUT2D eigenvalue weighted by molar-refractivity contribution is 0.131. The summed E-state index contributed by atoms with van der Waals surface area (Å²) in [4.78, 5) is 5.12. The third-order valence-corrected chi connectivity index (χ3v) is 3.93. The molecule has 0 spiro atoms. The van der Waals surface area contributed by atoms with Gasteiger partial charge in [-0.1, -0.05) is 0 Å². The summed E-state index contributed by atoms with van der Waals surface area (Å²) in [6.07, 6.45) is 4.10. The molecule has 3 nitrogen and oxygen atoms in total. The van der Waals surface area contributed by atoms with Gasteiger partial charge in [0.15, 0.2) is 0 Å². The summed E-state index contributed by atoms with van der Waals surface area (Å²) in [5, 5.41) is 0. The smallest absolute Gasteiger partial charge is 0.0249 e. The average Bonchev–Trinajstić information content (AvgIpc) is 2.99. The molecule has 0 radical (unpaired) electrons. The normalized spacial score (nSPS) is 32.6. The molecular weight excluding hydrogens is 186 g/mol. The van der Waals surface area contributed by atoms with E-state index < -0.39 is 0 Å². The van der Waals surface area contributed by atoms with Crippen molar-refractivity contribution in [3.8, 4) is 0 Å². The van der Waals surface area contributed by atoms with E-state index in [9.17, 15) is 0 Å². The minimum absolute atomic E-state index is 0.659. The fraction of sp³-hybridized carbons (Fsp3) is 1.00. The van der Waals surface area contributed by atoms with Crippen molar-refractivity contribution in [2.45, 2.75) is 38.3 Å². The maximum absolute atomic E-state index is 5.94. The van der Waals surface area contributed by atoms with Crippen molar-refractivity contribution in [1.82, 2.24) is 9.80 Å². The van der Waals surface area contributed by atoms with Crippen molar-refractivity contribution in [3.63, 3.8) is 0 Å². The van der Waals surface area contributed by atoms with Gasteiger partial charge in [0.05, 0.1) is 0 Å². The van der Waals surface area contributed by atoms with Gasteiger partial charge in [-0.15, -0.1) is 0 Å². The molecule has 1 aliphatic carbocycles. The van der Waals surface area contributed by atoms with E-state index in [1.165, 1.54) is 38.9 Å². The first-order chi connectivity index (χ1) is 7.22. The molecule has 3 heteroatoms. The first-order valence-corrected chi connectivity index (χ1v) is 6.36. The van der Waals surface area contributed by atoms with E-state index in [4.69, 9.17) is 5.73 Å². The number of hydrogen-bond acceptors (Lipinski definition) is 3. The minimum Gasteiger partial charge on any atom is -0.329 e. The lowest BCUT2D eigenvalue weighted by atomic mass is 10.1. The molecule has 2 N–H and O–H groups in total. The second-order valence-electron chi connectivity index (χ2n) is 5.34. The number of nitrogens with zero attached hydrogens (tertiary/aromatic N) is 2. The third kappa shape index (κ3) is 2.71. The number of likely N-dealkylation sites (N-methyl/N-ethyl adjacent to an activating group) is 1. The van der Waals surface area contributed by atoms with Gasteiger partial charge in [0.1, 0.15) is 0 Å². The van der Waals surface area contributed by atoms with Crippen LogP contribution in [0.25, 0.3) is 0 Å². The highest BCUT2D eigenvalue weighted by molar-refractivity contribution is 4.92. The first-order valence-electron chi connectivity index (χ1n) is 6.36. The number of rotatable bonds is 3. The Labute approximate surface area is 93.6 Å². The Balaban J connectivity index is 1.98. The van der Waals surface area contributed by atoms with Crippen LogP contribution in [0, 0.1) is 5.92 Å². The van der Waals surface area contributed by atoms with Crippen molar-refractivity contribution in [2.24, 2.45) is 11.7 Å². The third-order valence-electron chi connectivity index (χ3n) is 3.93. The van der Waals surface area contributed by atoms with E-state index >= 15 is 0 Å². The largest absolute Gasteiger partial charge is 0.329 e. The Bertz CT molecular complexity index is 203. The van der Waals surface area contributed by atoms with Crippen LogP contribution in [0.3, 0.4) is 0 Å². The van der Waals surface area contributed by atoms with Crippen LogP contribution < -0.4 is 5.73 Å². The molecule has 0 aromatic heterocycles. The van der Waals surface area contributed by atoms with Gasteiger partial charge in [0.2, 0.25) is 0 Å². The van der Waals surface area contributed by atoms with Crippen LogP contribution in [0.4, 0.5) is 0 Å². The Morgan fingerprint density at radius 3 is 2.67 bits per heavy atom. The van der Waals surface area contributed by atoms with Gasteiger partial charge in [-0.25, -0.2) is 0 Å². The molecule has 1 saturated heterocycles. The minimum atomic E-state index is 0.659. The summed E-state index contributed by atoms with van der Waals surface area (Å²) in [6.45, 7) is 6.88. The predicted molar refractivity (Wildman–Crippen MR) is 63.8 cm³/mol. The van der Waals surface area contributed by atoms with Crippen molar-refractivity contribution in [2.75, 3.05) is 33.2 Å². The fourth-order valence-corrected chi connectivity index (χ4v) is 2.96. The zero-order valence-electron chi connectivity index (χ0n) is 10.2. The highest BCUT2D eigenvalue weighted by atomic mass is 15.3. The SMILES string of the molecule is CC1CN(C)CCCN1C(CN)C1CC1. The molecule has 0 amide bonds. The summed E-state index contributed by atoms with van der Waals surface area (Å²) in [7, 11) is 2.23. The van der Waals surface area contributed by atoms with E-state index in [0.717, 1.165) is 12.5 Å². The monoisotopic (exact) mass is 211 g/mol. The van der Waals surface area contributed by atoms with Gasteiger partial charge in [-0.3, -0.25) is 4.90 Å². The van der Waals surface area contributed by atoms with E-state index in [1.54, 1.807) is 0 Å². The van der Waals surface area contributed by atoms with Crippen molar-refractivity contribution >= 4 is 0 Å². The van der Waals surface area contributed by atoms with E-state index in [-0.39, 0.29) is 0 Å². The molecule has 2 atom stereocenters. The van der Waals surface area contributed by atoms with Crippen LogP contribution in [-0.2, 0) is 0 Å². The second-order valence-corrected chi connectivity index (χ2v) is 5.34. The first kappa shape index (κ1) is 11.4. The van der Waals surface area contributed by atoms with Gasteiger partial charge < -0.3 is 10.6 Å². The average molecular weight is 211 g/mol. The summed E-state index contributed by atoms with van der Waals surface area (Å²) in [5.41, 5.74) is 5.94. The van der Waals surface area contributed by atoms with Crippen LogP contribution in [0.15, 0.2) is 0 Å². The fourth-order valence-electron chi connectivity index (χ4n) is 2.96. The molecule has 0 aromatic rings. The molecule has 0 aromatic carbocycles. The Morgan fingerprint density at radius 1 is 1.33 bits per heavy atom. The quantitative estimate of drug-likeness (QED) is 0.748. The zero-order chi connectivity index (χ0) is 10.8. The standard InChI is InChI=1S/C12H25N3/c1-10-9-14(2)6-3-7-15(10)12(8-13)11-4-5-11/h10-12H,3-9,13H2,1-2H3. The molecule has 1 aliphatic heterocycles. The predicted octanol–water partition coefficient (Wildman–Crippen LogP) is 0.750. The summed E-state index contributed by atoms with van der Waals surface area (Å²) >= 11 is 0. The second kappa shape index (κ2) is 4.81. The van der Waals surface area contributed by atoms with Gasteiger partial charge in [-0.2, -0.15) is 0 Å². The lowest BCUT2D eigenvalue weighted by Gasteiger charge is -2.35. The maximum Gasteiger partial charge on any atom is 0.0249 e. The van der Waals surface area contributed by atoms with Crippen LogP contribution in [0.2, 0.25) is 0 Å². The number of nitrogens with two attached hydrogens (primary N) is 1. The maximum atomic E-state index is 5.94. The highest BCUT2D eigenvalue weighted by Gasteiger charge is 2.36. The molecule has 2 aliphatic rings. The molecule has 2 fully saturated rings. The van der Waals surface area contributed by atoms with E-state index in [0.29, 0.717) is 12.1 Å². The Morgan fingerprint density at radius 2 is 2.07 bits per heavy atom. The molecular formula is C12H25N3. The van der Waals surface area contributed by atoms with Crippen LogP contribution in [-0.4, -0.2) is 55.1 Å². The number of hydrogen-bond donors (Lipinski definition) is 1. The van der Waals surface area contributed by atoms with Crippen molar-refractivity contribution in [1.29, 1.82) is 0 Å². The molecule has 1 heterocycles. The zero-order valence-corrected chi connectivity index (χ0v) is 10.2. The van der Waals surface area contributed by atoms with Gasteiger partial charge in [0.25, 0.3) is 0 Å². The van der Waals surface area contributed by atoms with Gasteiger partial charge in [-0.05, 0) is 45.7 Å². The van der Waals surface area contributed by atoms with Crippen LogP contribution in [0.1, 0.15) is 26.2 Å². The molecule has 88 valence electrons. The Kier molecular flexibility index (Phi) is 3.65. The summed E-state index contributed by atoms with van der Waals surface area (Å²) in [5.74, 6) is 0.904. The summed E-state index contributed by atoms with van der Waals surface area (Å²) in [6, 6.07) is 1.33. The van der Waals surface area contributed by atoms with Crippen LogP contribution >= 0.6 is 0 Å². The van der Waals surface area contributed by atoms with Crippen LogP contribution in [0.5, 0.6) is 0 Å².